The first kappa shape index (κ1) is 11.6. The number of rotatable bonds is 6. The third-order valence-electron chi connectivity index (χ3n) is 4.02. The van der Waals surface area contributed by atoms with Gasteiger partial charge < -0.3 is 10.6 Å². The van der Waals surface area contributed by atoms with Crippen LogP contribution in [0, 0.1) is 17.8 Å². The Hall–Kier alpha value is -0.830. The number of carbonyl (C=O) groups excluding carboxylic acids is 1. The Morgan fingerprint density at radius 2 is 2.25 bits per heavy atom. The van der Waals surface area contributed by atoms with E-state index in [1.165, 1.54) is 25.7 Å². The Morgan fingerprint density at radius 1 is 1.38 bits per heavy atom. The lowest BCUT2D eigenvalue weighted by molar-refractivity contribution is -0.120. The van der Waals surface area contributed by atoms with E-state index in [1.807, 2.05) is 0 Å². The van der Waals surface area contributed by atoms with Gasteiger partial charge in [0.25, 0.3) is 0 Å². The van der Waals surface area contributed by atoms with Crippen molar-refractivity contribution in [3.63, 3.8) is 0 Å². The van der Waals surface area contributed by atoms with Gasteiger partial charge in [0.2, 0.25) is 5.91 Å². The van der Waals surface area contributed by atoms with Crippen molar-refractivity contribution in [2.75, 3.05) is 19.6 Å². The molecule has 3 nitrogen and oxygen atoms in total. The predicted octanol–water partition coefficient (Wildman–Crippen LogP) is 1.31. The maximum Gasteiger partial charge on any atom is 0.233 e. The smallest absolute Gasteiger partial charge is 0.233 e. The molecule has 2 aliphatic rings. The van der Waals surface area contributed by atoms with Crippen LogP contribution < -0.4 is 10.6 Å². The topological polar surface area (TPSA) is 41.1 Å². The Labute approximate surface area is 97.7 Å². The molecule has 0 aromatic carbocycles. The fraction of sp³-hybridized carbons (Fsp3) is 0.769. The molecule has 3 heteroatoms. The Morgan fingerprint density at radius 3 is 2.88 bits per heavy atom. The number of hydrogen-bond acceptors (Lipinski definition) is 2. The van der Waals surface area contributed by atoms with Crippen molar-refractivity contribution >= 4 is 5.91 Å². The third-order valence-corrected chi connectivity index (χ3v) is 4.02. The number of carbonyl (C=O) groups is 1. The highest BCUT2D eigenvalue weighted by molar-refractivity contribution is 5.77. The van der Waals surface area contributed by atoms with E-state index >= 15 is 0 Å². The highest BCUT2D eigenvalue weighted by Crippen LogP contribution is 2.47. The molecule has 0 aromatic rings. The van der Waals surface area contributed by atoms with Crippen LogP contribution in [-0.2, 0) is 4.79 Å². The fourth-order valence-corrected chi connectivity index (χ4v) is 3.22. The molecule has 2 fully saturated rings. The molecule has 0 aromatic heterocycles. The number of amides is 1. The average Bonchev–Trinajstić information content (AvgIpc) is 2.88. The summed E-state index contributed by atoms with van der Waals surface area (Å²) in [6.45, 7) is 5.59. The van der Waals surface area contributed by atoms with Crippen LogP contribution in [0.5, 0.6) is 0 Å². The second-order valence-corrected chi connectivity index (χ2v) is 5.16. The van der Waals surface area contributed by atoms with Gasteiger partial charge in [-0.2, -0.15) is 0 Å². The first-order valence-corrected chi connectivity index (χ1v) is 6.38. The van der Waals surface area contributed by atoms with Gasteiger partial charge in [0.1, 0.15) is 0 Å². The third kappa shape index (κ3) is 2.85. The molecule has 3 unspecified atom stereocenters. The maximum absolute atomic E-state index is 11.5. The van der Waals surface area contributed by atoms with Crippen LogP contribution in [0.15, 0.2) is 12.7 Å². The number of nitrogens with one attached hydrogen (secondary N) is 2. The van der Waals surface area contributed by atoms with Crippen LogP contribution >= 0.6 is 0 Å². The Balaban J connectivity index is 1.60. The van der Waals surface area contributed by atoms with E-state index in [9.17, 15) is 4.79 Å². The minimum absolute atomic E-state index is 0.115. The molecule has 0 radical (unpaired) electrons. The standard InChI is InChI=1S/C13H22N2O/c1-2-5-14-9-13(16)15-8-12-7-10-3-4-11(12)6-10/h2,10-12,14H,1,3-9H2,(H,15,16). The van der Waals surface area contributed by atoms with Gasteiger partial charge >= 0.3 is 0 Å². The molecule has 0 aliphatic heterocycles. The van der Waals surface area contributed by atoms with Gasteiger partial charge in [-0.05, 0) is 37.0 Å². The molecule has 2 rings (SSSR count). The molecule has 1 amide bonds. The van der Waals surface area contributed by atoms with Crippen molar-refractivity contribution in [3.05, 3.63) is 12.7 Å². The van der Waals surface area contributed by atoms with Crippen molar-refractivity contribution in [1.29, 1.82) is 0 Å². The molecule has 0 spiro atoms. The van der Waals surface area contributed by atoms with E-state index in [0.29, 0.717) is 13.1 Å². The van der Waals surface area contributed by atoms with Crippen LogP contribution in [-0.4, -0.2) is 25.5 Å². The van der Waals surface area contributed by atoms with E-state index < -0.39 is 0 Å². The van der Waals surface area contributed by atoms with E-state index in [-0.39, 0.29) is 5.91 Å². The summed E-state index contributed by atoms with van der Waals surface area (Å²) < 4.78 is 0. The van der Waals surface area contributed by atoms with E-state index in [1.54, 1.807) is 6.08 Å². The molecule has 2 saturated carbocycles. The second-order valence-electron chi connectivity index (χ2n) is 5.16. The molecule has 3 atom stereocenters. The van der Waals surface area contributed by atoms with Crippen LogP contribution in [0.1, 0.15) is 25.7 Å². The SMILES string of the molecule is C=CCNCC(=O)NCC1CC2CCC1C2. The Kier molecular flexibility index (Phi) is 3.99. The average molecular weight is 222 g/mol. The summed E-state index contributed by atoms with van der Waals surface area (Å²) in [5, 5.41) is 6.05. The van der Waals surface area contributed by atoms with Gasteiger partial charge in [-0.25, -0.2) is 0 Å². The summed E-state index contributed by atoms with van der Waals surface area (Å²) in [4.78, 5) is 11.5. The van der Waals surface area contributed by atoms with E-state index in [2.05, 4.69) is 17.2 Å². The summed E-state index contributed by atoms with van der Waals surface area (Å²) in [6, 6.07) is 0. The number of fused-ring (bicyclic) bond motifs is 2. The van der Waals surface area contributed by atoms with E-state index in [0.717, 1.165) is 24.3 Å². The molecular weight excluding hydrogens is 200 g/mol. The first-order valence-electron chi connectivity index (χ1n) is 6.38. The van der Waals surface area contributed by atoms with Gasteiger partial charge in [0.15, 0.2) is 0 Å². The molecule has 0 heterocycles. The minimum atomic E-state index is 0.115. The van der Waals surface area contributed by atoms with Crippen LogP contribution in [0.25, 0.3) is 0 Å². The van der Waals surface area contributed by atoms with Crippen molar-refractivity contribution < 1.29 is 4.79 Å². The monoisotopic (exact) mass is 222 g/mol. The predicted molar refractivity (Wildman–Crippen MR) is 65.0 cm³/mol. The summed E-state index contributed by atoms with van der Waals surface area (Å²) >= 11 is 0. The molecule has 90 valence electrons. The van der Waals surface area contributed by atoms with Crippen LogP contribution in [0.4, 0.5) is 0 Å². The normalized spacial score (nSPS) is 31.6. The zero-order chi connectivity index (χ0) is 11.4. The number of hydrogen-bond donors (Lipinski definition) is 2. The lowest BCUT2D eigenvalue weighted by Crippen LogP contribution is -2.37. The van der Waals surface area contributed by atoms with Crippen molar-refractivity contribution in [3.8, 4) is 0 Å². The lowest BCUT2D eigenvalue weighted by atomic mass is 9.89. The molecule has 2 bridgehead atoms. The van der Waals surface area contributed by atoms with Crippen molar-refractivity contribution in [1.82, 2.24) is 10.6 Å². The maximum atomic E-state index is 11.5. The summed E-state index contributed by atoms with van der Waals surface area (Å²) in [7, 11) is 0. The van der Waals surface area contributed by atoms with E-state index in [4.69, 9.17) is 0 Å². The van der Waals surface area contributed by atoms with Crippen molar-refractivity contribution in [2.24, 2.45) is 17.8 Å². The minimum Gasteiger partial charge on any atom is -0.355 e. The zero-order valence-corrected chi connectivity index (χ0v) is 9.87. The molecular formula is C13H22N2O. The summed E-state index contributed by atoms with van der Waals surface area (Å²) in [6.07, 6.45) is 7.33. The quantitative estimate of drug-likeness (QED) is 0.525. The largest absolute Gasteiger partial charge is 0.355 e. The lowest BCUT2D eigenvalue weighted by Gasteiger charge is -2.21. The highest BCUT2D eigenvalue weighted by Gasteiger charge is 2.39. The highest BCUT2D eigenvalue weighted by atomic mass is 16.1. The molecule has 16 heavy (non-hydrogen) atoms. The first-order chi connectivity index (χ1) is 7.79. The second kappa shape index (κ2) is 5.48. The van der Waals surface area contributed by atoms with Crippen LogP contribution in [0.3, 0.4) is 0 Å². The fourth-order valence-electron chi connectivity index (χ4n) is 3.22. The van der Waals surface area contributed by atoms with Gasteiger partial charge in [-0.3, -0.25) is 4.79 Å². The summed E-state index contributed by atoms with van der Waals surface area (Å²) in [5.41, 5.74) is 0. The van der Waals surface area contributed by atoms with Gasteiger partial charge in [-0.15, -0.1) is 6.58 Å². The van der Waals surface area contributed by atoms with Crippen LogP contribution in [0.2, 0.25) is 0 Å². The van der Waals surface area contributed by atoms with Crippen molar-refractivity contribution in [2.45, 2.75) is 25.7 Å². The zero-order valence-electron chi connectivity index (χ0n) is 9.87. The molecule has 0 saturated heterocycles. The summed E-state index contributed by atoms with van der Waals surface area (Å²) in [5.74, 6) is 2.73. The Bertz CT molecular complexity index is 265. The van der Waals surface area contributed by atoms with Gasteiger partial charge in [0.05, 0.1) is 6.54 Å². The molecule has 2 aliphatic carbocycles. The van der Waals surface area contributed by atoms with Gasteiger partial charge in [0, 0.05) is 13.1 Å². The molecule has 2 N–H and O–H groups in total. The van der Waals surface area contributed by atoms with Gasteiger partial charge in [-0.1, -0.05) is 12.5 Å².